The highest BCUT2D eigenvalue weighted by Crippen LogP contribution is 2.43. The topological polar surface area (TPSA) is 87.5 Å². The lowest BCUT2D eigenvalue weighted by Crippen LogP contribution is -2.40. The number of amides is 1. The number of halogens is 2. The molecule has 1 amide bonds. The van der Waals surface area contributed by atoms with Gasteiger partial charge in [-0.3, -0.25) is 14.7 Å². The van der Waals surface area contributed by atoms with Crippen LogP contribution in [-0.2, 0) is 4.79 Å². The predicted molar refractivity (Wildman–Crippen MR) is 147 cm³/mol. The van der Waals surface area contributed by atoms with Gasteiger partial charge >= 0.3 is 0 Å². The molecule has 2 aliphatic rings. The van der Waals surface area contributed by atoms with E-state index in [1.807, 2.05) is 0 Å². The maximum Gasteiger partial charge on any atom is 0.261 e. The molecule has 0 aliphatic carbocycles. The number of methoxy groups -OCH3 is 2. The Hall–Kier alpha value is -4.73. The Balaban J connectivity index is 1.60. The minimum atomic E-state index is -0.515. The number of hydrogen-bond acceptors (Lipinski definition) is 7. The number of para-hydroxylation sites is 1. The zero-order valence-corrected chi connectivity index (χ0v) is 22.3. The molecule has 0 bridgehead atoms. The van der Waals surface area contributed by atoms with Crippen molar-refractivity contribution in [2.75, 3.05) is 32.2 Å². The third-order valence-corrected chi connectivity index (χ3v) is 7.08. The number of aryl methyl sites for hydroxylation is 1. The number of hydrogen-bond donors (Lipinski definition) is 1. The molecule has 206 valence electrons. The predicted octanol–water partition coefficient (Wildman–Crippen LogP) is 5.25. The fourth-order valence-electron chi connectivity index (χ4n) is 5.06. The molecule has 2 aromatic carbocycles. The molecule has 0 radical (unpaired) electrons. The molecular formula is C30H28F2N4O4. The van der Waals surface area contributed by atoms with Gasteiger partial charge in [0.2, 0.25) is 5.88 Å². The summed E-state index contributed by atoms with van der Waals surface area (Å²) in [6.07, 6.45) is 2.03. The Kier molecular flexibility index (Phi) is 7.25. The molecule has 5 rings (SSSR count). The second-order valence-electron chi connectivity index (χ2n) is 9.50. The Labute approximate surface area is 230 Å². The highest BCUT2D eigenvalue weighted by molar-refractivity contribution is 6.17. The van der Waals surface area contributed by atoms with Gasteiger partial charge in [0, 0.05) is 30.8 Å². The van der Waals surface area contributed by atoms with E-state index in [2.05, 4.69) is 16.6 Å². The first-order valence-corrected chi connectivity index (χ1v) is 12.6. The largest absolute Gasteiger partial charge is 0.494 e. The Morgan fingerprint density at radius 2 is 1.80 bits per heavy atom. The Morgan fingerprint density at radius 1 is 1.07 bits per heavy atom. The molecule has 8 nitrogen and oxygen atoms in total. The molecule has 0 spiro atoms. The van der Waals surface area contributed by atoms with Crippen LogP contribution < -0.4 is 14.4 Å². The smallest absolute Gasteiger partial charge is 0.261 e. The van der Waals surface area contributed by atoms with Crippen molar-refractivity contribution in [2.45, 2.75) is 19.3 Å². The van der Waals surface area contributed by atoms with Crippen molar-refractivity contribution in [2.24, 2.45) is 4.99 Å². The summed E-state index contributed by atoms with van der Waals surface area (Å²) in [4.78, 5) is 25.5. The summed E-state index contributed by atoms with van der Waals surface area (Å²) in [5.41, 5.74) is 1.32. The zero-order valence-electron chi connectivity index (χ0n) is 22.3. The molecule has 2 aliphatic heterocycles. The van der Waals surface area contributed by atoms with Crippen molar-refractivity contribution in [3.8, 4) is 11.5 Å². The van der Waals surface area contributed by atoms with Gasteiger partial charge in [0.1, 0.15) is 40.2 Å². The number of carbonyl (C=O) groups excluding carboxylic acids is 1. The molecule has 1 N–H and O–H groups in total. The number of aliphatic hydroxyl groups excluding tert-OH is 1. The lowest BCUT2D eigenvalue weighted by atomic mass is 10.0. The number of benzene rings is 2. The normalized spacial score (nSPS) is 17.3. The zero-order chi connectivity index (χ0) is 28.6. The summed E-state index contributed by atoms with van der Waals surface area (Å²) in [5, 5.41) is 11.8. The van der Waals surface area contributed by atoms with Gasteiger partial charge in [0.25, 0.3) is 5.91 Å². The standard InChI is InChI=1S/C30H28F2N4O4/c1-17-15-19(10-11-21(17)31)28-34-18(2)25(30(38)36(28)27-23(39-3)8-5-9-24(27)40-4)29(37)35-14-12-20(16-35)26-22(32)7-6-13-33-26/h5-11,13,15,20,38H,2,12,14,16H2,1,3-4H3. The fourth-order valence-corrected chi connectivity index (χ4v) is 5.06. The number of aliphatic imine (C=N–C) groups is 1. The van der Waals surface area contributed by atoms with E-state index in [1.54, 1.807) is 31.2 Å². The number of pyridine rings is 1. The average molecular weight is 547 g/mol. The molecule has 40 heavy (non-hydrogen) atoms. The monoisotopic (exact) mass is 546 g/mol. The van der Waals surface area contributed by atoms with Gasteiger partial charge in [-0.05, 0) is 61.4 Å². The van der Waals surface area contributed by atoms with Crippen LogP contribution in [0.1, 0.15) is 29.2 Å². The first-order chi connectivity index (χ1) is 19.2. The number of aliphatic hydroxyl groups is 1. The first kappa shape index (κ1) is 26.9. The number of nitrogens with zero attached hydrogens (tertiary/aromatic N) is 4. The second kappa shape index (κ2) is 10.8. The number of carbonyl (C=O) groups is 1. The molecule has 1 atom stereocenters. The Morgan fingerprint density at radius 3 is 2.45 bits per heavy atom. The van der Waals surface area contributed by atoms with Gasteiger partial charge in [-0.2, -0.15) is 0 Å². The van der Waals surface area contributed by atoms with Gasteiger partial charge in [-0.25, -0.2) is 13.8 Å². The lowest BCUT2D eigenvalue weighted by Gasteiger charge is -2.33. The number of rotatable bonds is 6. The summed E-state index contributed by atoms with van der Waals surface area (Å²) in [6, 6.07) is 12.3. The third-order valence-electron chi connectivity index (χ3n) is 7.08. The summed E-state index contributed by atoms with van der Waals surface area (Å²) < 4.78 is 39.7. The van der Waals surface area contributed by atoms with Gasteiger partial charge in [0.15, 0.2) is 0 Å². The molecule has 1 fully saturated rings. The molecule has 1 saturated heterocycles. The van der Waals surface area contributed by atoms with Crippen LogP contribution >= 0.6 is 0 Å². The summed E-state index contributed by atoms with van der Waals surface area (Å²) in [6.45, 7) is 6.12. The van der Waals surface area contributed by atoms with Gasteiger partial charge in [-0.1, -0.05) is 12.6 Å². The Bertz CT molecular complexity index is 1550. The van der Waals surface area contributed by atoms with E-state index in [4.69, 9.17) is 9.47 Å². The highest BCUT2D eigenvalue weighted by Gasteiger charge is 2.39. The molecule has 3 aromatic rings. The van der Waals surface area contributed by atoms with Crippen molar-refractivity contribution in [1.29, 1.82) is 0 Å². The van der Waals surface area contributed by atoms with Crippen LogP contribution in [0.3, 0.4) is 0 Å². The lowest BCUT2D eigenvalue weighted by molar-refractivity contribution is -0.126. The van der Waals surface area contributed by atoms with E-state index in [0.717, 1.165) is 0 Å². The summed E-state index contributed by atoms with van der Waals surface area (Å²) >= 11 is 0. The van der Waals surface area contributed by atoms with E-state index in [9.17, 15) is 18.7 Å². The minimum absolute atomic E-state index is 0.0251. The van der Waals surface area contributed by atoms with Crippen LogP contribution in [-0.4, -0.2) is 54.0 Å². The van der Waals surface area contributed by atoms with Crippen LogP contribution in [0.2, 0.25) is 0 Å². The third kappa shape index (κ3) is 4.66. The molecule has 10 heteroatoms. The van der Waals surface area contributed by atoms with E-state index in [0.29, 0.717) is 47.0 Å². The summed E-state index contributed by atoms with van der Waals surface area (Å²) in [7, 11) is 2.93. The molecule has 3 heterocycles. The average Bonchev–Trinajstić information content (AvgIpc) is 3.44. The number of anilines is 1. The molecule has 1 unspecified atom stereocenters. The number of likely N-dealkylation sites (tertiary alicyclic amines) is 1. The van der Waals surface area contributed by atoms with Gasteiger partial charge in [0.05, 0.1) is 25.6 Å². The maximum absolute atomic E-state index is 14.4. The van der Waals surface area contributed by atoms with Crippen LogP contribution in [0, 0.1) is 18.6 Å². The van der Waals surface area contributed by atoms with Crippen molar-refractivity contribution in [3.63, 3.8) is 0 Å². The number of aromatic nitrogens is 1. The van der Waals surface area contributed by atoms with Crippen molar-refractivity contribution in [3.05, 3.63) is 107 Å². The van der Waals surface area contributed by atoms with Gasteiger partial charge in [-0.15, -0.1) is 0 Å². The maximum atomic E-state index is 14.4. The second-order valence-corrected chi connectivity index (χ2v) is 9.50. The molecular weight excluding hydrogens is 518 g/mol. The first-order valence-electron chi connectivity index (χ1n) is 12.6. The van der Waals surface area contributed by atoms with Crippen LogP contribution in [0.4, 0.5) is 14.5 Å². The molecule has 1 aromatic heterocycles. The minimum Gasteiger partial charge on any atom is -0.494 e. The fraction of sp³-hybridized carbons (Fsp3) is 0.233. The van der Waals surface area contributed by atoms with Crippen LogP contribution in [0.5, 0.6) is 11.5 Å². The van der Waals surface area contributed by atoms with Crippen molar-refractivity contribution >= 4 is 17.4 Å². The quantitative estimate of drug-likeness (QED) is 0.455. The number of amidine groups is 1. The SMILES string of the molecule is C=C1N=C(c2ccc(F)c(C)c2)N(c2c(OC)cccc2OC)C(O)=C1C(=O)N1CCC(c2ncccc2F)C1. The van der Waals surface area contributed by atoms with E-state index >= 15 is 0 Å². The molecule has 0 saturated carbocycles. The van der Waals surface area contributed by atoms with Crippen LogP contribution in [0.25, 0.3) is 0 Å². The van der Waals surface area contributed by atoms with E-state index < -0.39 is 23.4 Å². The van der Waals surface area contributed by atoms with Gasteiger partial charge < -0.3 is 19.5 Å². The number of ether oxygens (including phenoxy) is 2. The van der Waals surface area contributed by atoms with E-state index in [1.165, 1.54) is 54.5 Å². The van der Waals surface area contributed by atoms with E-state index in [-0.39, 0.29) is 29.6 Å². The summed E-state index contributed by atoms with van der Waals surface area (Å²) in [5.74, 6) is -1.22. The van der Waals surface area contributed by atoms with Crippen LogP contribution in [0.15, 0.2) is 83.5 Å². The van der Waals surface area contributed by atoms with Crippen molar-refractivity contribution in [1.82, 2.24) is 9.88 Å². The highest BCUT2D eigenvalue weighted by atomic mass is 19.1. The van der Waals surface area contributed by atoms with Crippen molar-refractivity contribution < 1.29 is 28.2 Å².